The standard InChI is InChI=1S/C14H25N5/c1-4-7-15-12-10-13(16-8-9-19(2)3)18-14(17-12)11-5-6-11/h10-11H,4-9H2,1-3H3,(H2,15,16,17,18). The fourth-order valence-corrected chi connectivity index (χ4v) is 1.83. The summed E-state index contributed by atoms with van der Waals surface area (Å²) in [5.41, 5.74) is 0. The minimum atomic E-state index is 0.581. The second kappa shape index (κ2) is 6.70. The van der Waals surface area contributed by atoms with Gasteiger partial charge in [-0.25, -0.2) is 9.97 Å². The lowest BCUT2D eigenvalue weighted by molar-refractivity contribution is 0.425. The van der Waals surface area contributed by atoms with Gasteiger partial charge in [0.1, 0.15) is 17.5 Å². The number of anilines is 2. The van der Waals surface area contributed by atoms with Crippen molar-refractivity contribution in [1.29, 1.82) is 0 Å². The van der Waals surface area contributed by atoms with Crippen LogP contribution in [-0.2, 0) is 0 Å². The molecule has 0 spiro atoms. The van der Waals surface area contributed by atoms with E-state index in [2.05, 4.69) is 46.5 Å². The van der Waals surface area contributed by atoms with Crippen LogP contribution >= 0.6 is 0 Å². The van der Waals surface area contributed by atoms with E-state index in [1.54, 1.807) is 0 Å². The molecule has 0 atom stereocenters. The molecular weight excluding hydrogens is 238 g/mol. The van der Waals surface area contributed by atoms with Gasteiger partial charge in [-0.05, 0) is 33.4 Å². The van der Waals surface area contributed by atoms with E-state index in [1.165, 1.54) is 12.8 Å². The fraction of sp³-hybridized carbons (Fsp3) is 0.714. The third-order valence-corrected chi connectivity index (χ3v) is 3.11. The van der Waals surface area contributed by atoms with Crippen LogP contribution in [0, 0.1) is 0 Å². The molecule has 0 saturated heterocycles. The monoisotopic (exact) mass is 263 g/mol. The fourth-order valence-electron chi connectivity index (χ4n) is 1.83. The molecule has 0 radical (unpaired) electrons. The van der Waals surface area contributed by atoms with Crippen molar-refractivity contribution in [3.8, 4) is 0 Å². The molecule has 1 saturated carbocycles. The first-order valence-corrected chi connectivity index (χ1v) is 7.20. The maximum Gasteiger partial charge on any atom is 0.136 e. The Bertz CT molecular complexity index is 401. The van der Waals surface area contributed by atoms with E-state index < -0.39 is 0 Å². The molecule has 0 unspecified atom stereocenters. The quantitative estimate of drug-likeness (QED) is 0.752. The highest BCUT2D eigenvalue weighted by atomic mass is 15.1. The Morgan fingerprint density at radius 1 is 1.16 bits per heavy atom. The highest BCUT2D eigenvalue weighted by Gasteiger charge is 2.27. The molecule has 19 heavy (non-hydrogen) atoms. The molecule has 1 fully saturated rings. The van der Waals surface area contributed by atoms with Crippen molar-refractivity contribution in [2.75, 3.05) is 44.4 Å². The second-order valence-corrected chi connectivity index (χ2v) is 5.43. The van der Waals surface area contributed by atoms with Crippen LogP contribution in [0.2, 0.25) is 0 Å². The summed E-state index contributed by atoms with van der Waals surface area (Å²) in [4.78, 5) is 11.4. The van der Waals surface area contributed by atoms with E-state index in [9.17, 15) is 0 Å². The van der Waals surface area contributed by atoms with Crippen molar-refractivity contribution in [2.45, 2.75) is 32.1 Å². The van der Waals surface area contributed by atoms with Crippen LogP contribution in [0.3, 0.4) is 0 Å². The summed E-state index contributed by atoms with van der Waals surface area (Å²) in [6.45, 7) is 5.02. The minimum absolute atomic E-state index is 0.581. The van der Waals surface area contributed by atoms with Gasteiger partial charge in [-0.2, -0.15) is 0 Å². The van der Waals surface area contributed by atoms with E-state index in [0.29, 0.717) is 5.92 Å². The first-order valence-electron chi connectivity index (χ1n) is 7.20. The van der Waals surface area contributed by atoms with Gasteiger partial charge >= 0.3 is 0 Å². The van der Waals surface area contributed by atoms with E-state index in [4.69, 9.17) is 0 Å². The van der Waals surface area contributed by atoms with Crippen molar-refractivity contribution in [1.82, 2.24) is 14.9 Å². The SMILES string of the molecule is CCCNc1cc(NCCN(C)C)nc(C2CC2)n1. The van der Waals surface area contributed by atoms with Gasteiger partial charge in [0.2, 0.25) is 0 Å². The summed E-state index contributed by atoms with van der Waals surface area (Å²) in [5, 5.41) is 6.74. The zero-order valence-corrected chi connectivity index (χ0v) is 12.2. The molecule has 2 N–H and O–H groups in total. The molecular formula is C14H25N5. The summed E-state index contributed by atoms with van der Waals surface area (Å²) < 4.78 is 0. The zero-order valence-electron chi connectivity index (χ0n) is 12.2. The highest BCUT2D eigenvalue weighted by Crippen LogP contribution is 2.38. The summed E-state index contributed by atoms with van der Waals surface area (Å²) in [6.07, 6.45) is 3.56. The first kappa shape index (κ1) is 14.1. The number of likely N-dealkylation sites (N-methyl/N-ethyl adjacent to an activating group) is 1. The second-order valence-electron chi connectivity index (χ2n) is 5.43. The first-order chi connectivity index (χ1) is 9.19. The van der Waals surface area contributed by atoms with E-state index in [0.717, 1.165) is 43.5 Å². The number of aromatic nitrogens is 2. The summed E-state index contributed by atoms with van der Waals surface area (Å²) in [7, 11) is 4.15. The third-order valence-electron chi connectivity index (χ3n) is 3.11. The van der Waals surface area contributed by atoms with Gasteiger partial charge in [0, 0.05) is 31.6 Å². The van der Waals surface area contributed by atoms with Crippen molar-refractivity contribution in [3.05, 3.63) is 11.9 Å². The predicted octanol–water partition coefficient (Wildman–Crippen LogP) is 2.15. The molecule has 5 nitrogen and oxygen atoms in total. The Labute approximate surface area is 115 Å². The van der Waals surface area contributed by atoms with Crippen LogP contribution in [0.25, 0.3) is 0 Å². The number of hydrogen-bond acceptors (Lipinski definition) is 5. The summed E-state index contributed by atoms with van der Waals surface area (Å²) in [5.74, 6) is 3.47. The number of hydrogen-bond donors (Lipinski definition) is 2. The van der Waals surface area contributed by atoms with Crippen molar-refractivity contribution < 1.29 is 0 Å². The zero-order chi connectivity index (χ0) is 13.7. The smallest absolute Gasteiger partial charge is 0.136 e. The number of nitrogens with one attached hydrogen (secondary N) is 2. The molecule has 2 rings (SSSR count). The molecule has 0 bridgehead atoms. The normalized spacial score (nSPS) is 14.7. The third kappa shape index (κ3) is 4.67. The van der Waals surface area contributed by atoms with E-state index >= 15 is 0 Å². The van der Waals surface area contributed by atoms with Gasteiger partial charge in [0.05, 0.1) is 0 Å². The molecule has 1 aromatic heterocycles. The van der Waals surface area contributed by atoms with E-state index in [-0.39, 0.29) is 0 Å². The van der Waals surface area contributed by atoms with Gasteiger partial charge < -0.3 is 15.5 Å². The van der Waals surface area contributed by atoms with Crippen LogP contribution in [0.5, 0.6) is 0 Å². The Kier molecular flexibility index (Phi) is 4.96. The van der Waals surface area contributed by atoms with Gasteiger partial charge in [-0.1, -0.05) is 6.92 Å². The molecule has 1 heterocycles. The highest BCUT2D eigenvalue weighted by molar-refractivity contribution is 5.48. The van der Waals surface area contributed by atoms with Crippen LogP contribution < -0.4 is 10.6 Å². The van der Waals surface area contributed by atoms with Gasteiger partial charge in [-0.3, -0.25) is 0 Å². The largest absolute Gasteiger partial charge is 0.370 e. The molecule has 0 aromatic carbocycles. The molecule has 106 valence electrons. The van der Waals surface area contributed by atoms with Gasteiger partial charge in [-0.15, -0.1) is 0 Å². The Morgan fingerprint density at radius 3 is 2.32 bits per heavy atom. The average Bonchev–Trinajstić information content (AvgIpc) is 3.20. The minimum Gasteiger partial charge on any atom is -0.370 e. The topological polar surface area (TPSA) is 53.1 Å². The number of nitrogens with zero attached hydrogens (tertiary/aromatic N) is 3. The Morgan fingerprint density at radius 2 is 1.79 bits per heavy atom. The molecule has 0 aliphatic heterocycles. The lowest BCUT2D eigenvalue weighted by atomic mass is 10.3. The van der Waals surface area contributed by atoms with E-state index in [1.807, 2.05) is 6.07 Å². The van der Waals surface area contributed by atoms with Crippen molar-refractivity contribution in [2.24, 2.45) is 0 Å². The summed E-state index contributed by atoms with van der Waals surface area (Å²) >= 11 is 0. The van der Waals surface area contributed by atoms with Crippen LogP contribution in [0.4, 0.5) is 11.6 Å². The number of rotatable bonds is 8. The lowest BCUT2D eigenvalue weighted by Crippen LogP contribution is -2.21. The molecule has 1 aromatic rings. The van der Waals surface area contributed by atoms with Gasteiger partial charge in [0.15, 0.2) is 0 Å². The van der Waals surface area contributed by atoms with Crippen LogP contribution in [0.15, 0.2) is 6.07 Å². The average molecular weight is 263 g/mol. The molecule has 1 aliphatic rings. The van der Waals surface area contributed by atoms with Gasteiger partial charge in [0.25, 0.3) is 0 Å². The summed E-state index contributed by atoms with van der Waals surface area (Å²) in [6, 6.07) is 2.01. The maximum absolute atomic E-state index is 4.62. The molecule has 0 amide bonds. The Hall–Kier alpha value is -1.36. The molecule has 5 heteroatoms. The lowest BCUT2D eigenvalue weighted by Gasteiger charge is -2.13. The maximum atomic E-state index is 4.62. The molecule has 1 aliphatic carbocycles. The van der Waals surface area contributed by atoms with Crippen LogP contribution in [0.1, 0.15) is 37.9 Å². The van der Waals surface area contributed by atoms with Crippen molar-refractivity contribution >= 4 is 11.6 Å². The van der Waals surface area contributed by atoms with Crippen LogP contribution in [-0.4, -0.2) is 48.6 Å². The predicted molar refractivity (Wildman–Crippen MR) is 79.8 cm³/mol. The van der Waals surface area contributed by atoms with Crippen molar-refractivity contribution in [3.63, 3.8) is 0 Å². The Balaban J connectivity index is 2.01.